The molecule has 1 aliphatic rings. The minimum atomic E-state index is -0.0556. The van der Waals surface area contributed by atoms with Crippen LogP contribution in [-0.4, -0.2) is 18.2 Å². The topological polar surface area (TPSA) is 46.2 Å². The Hall–Kier alpha value is -1.16. The molecule has 3 nitrogen and oxygen atoms in total. The Labute approximate surface area is 112 Å². The molecule has 0 saturated carbocycles. The van der Waals surface area contributed by atoms with E-state index in [2.05, 4.69) is 10.7 Å². The summed E-state index contributed by atoms with van der Waals surface area (Å²) in [5.74, 6) is 0.0152. The summed E-state index contributed by atoms with van der Waals surface area (Å²) < 4.78 is 0. The fourth-order valence-electron chi connectivity index (χ4n) is 2.26. The molecule has 0 aliphatic heterocycles. The Balaban J connectivity index is 1.97. The van der Waals surface area contributed by atoms with E-state index in [1.165, 1.54) is 10.4 Å². The molecule has 98 valence electrons. The van der Waals surface area contributed by atoms with Gasteiger partial charge >= 0.3 is 0 Å². The molecule has 0 radical (unpaired) electrons. The Morgan fingerprint density at radius 2 is 2.28 bits per heavy atom. The quantitative estimate of drug-likeness (QED) is 0.909. The van der Waals surface area contributed by atoms with Gasteiger partial charge < -0.3 is 5.32 Å². The Morgan fingerprint density at radius 1 is 1.50 bits per heavy atom. The lowest BCUT2D eigenvalue weighted by Gasteiger charge is -2.21. The van der Waals surface area contributed by atoms with E-state index in [0.717, 1.165) is 19.3 Å². The molecule has 0 aromatic carbocycles. The second kappa shape index (κ2) is 5.65. The number of carbonyl (C=O) groups is 2. The lowest BCUT2D eigenvalue weighted by molar-refractivity contribution is -0.127. The van der Waals surface area contributed by atoms with Gasteiger partial charge in [0.1, 0.15) is 0 Å². The van der Waals surface area contributed by atoms with Crippen molar-refractivity contribution in [2.75, 3.05) is 6.54 Å². The van der Waals surface area contributed by atoms with Crippen LogP contribution >= 0.6 is 11.3 Å². The summed E-state index contributed by atoms with van der Waals surface area (Å²) in [5.41, 5.74) is 1.17. The molecule has 1 aliphatic carbocycles. The molecule has 1 aromatic heterocycles. The van der Waals surface area contributed by atoms with Crippen molar-refractivity contribution in [2.45, 2.75) is 39.0 Å². The average molecular weight is 265 g/mol. The number of ketones is 1. The van der Waals surface area contributed by atoms with Gasteiger partial charge in [-0.15, -0.1) is 11.3 Å². The third-order valence-corrected chi connectivity index (χ3v) is 4.45. The van der Waals surface area contributed by atoms with Crippen LogP contribution in [0.5, 0.6) is 0 Å². The normalized spacial score (nSPS) is 18.5. The van der Waals surface area contributed by atoms with Crippen molar-refractivity contribution in [3.8, 4) is 0 Å². The molecule has 1 aromatic rings. The second-order valence-electron chi connectivity index (χ2n) is 5.08. The number of hydrogen-bond acceptors (Lipinski definition) is 3. The molecule has 0 fully saturated rings. The molecule has 0 saturated heterocycles. The standard InChI is InChI=1S/C14H19NO2S/c1-9(2)12(16)8-15-14(17)11-4-3-5-13-10(11)6-7-18-13/h6-7,9,11H,3-5,8H2,1-2H3,(H,15,17). The molecule has 1 amide bonds. The molecule has 1 atom stereocenters. The molecule has 1 heterocycles. The van der Waals surface area contributed by atoms with Gasteiger partial charge in [-0.2, -0.15) is 0 Å². The minimum Gasteiger partial charge on any atom is -0.348 e. The summed E-state index contributed by atoms with van der Waals surface area (Å²) in [5, 5.41) is 4.83. The molecule has 0 spiro atoms. The molecule has 0 bridgehead atoms. The Morgan fingerprint density at radius 3 is 3.00 bits per heavy atom. The maximum Gasteiger partial charge on any atom is 0.227 e. The number of hydrogen-bond donors (Lipinski definition) is 1. The van der Waals surface area contributed by atoms with Crippen LogP contribution in [0.15, 0.2) is 11.4 Å². The van der Waals surface area contributed by atoms with E-state index in [0.29, 0.717) is 0 Å². The van der Waals surface area contributed by atoms with Crippen molar-refractivity contribution in [1.29, 1.82) is 0 Å². The first kappa shape index (κ1) is 13.3. The van der Waals surface area contributed by atoms with E-state index in [-0.39, 0.29) is 30.1 Å². The van der Waals surface area contributed by atoms with Crippen LogP contribution in [0.1, 0.15) is 43.0 Å². The van der Waals surface area contributed by atoms with Gasteiger partial charge in [-0.05, 0) is 36.3 Å². The van der Waals surface area contributed by atoms with Gasteiger partial charge in [0.25, 0.3) is 0 Å². The number of fused-ring (bicyclic) bond motifs is 1. The van der Waals surface area contributed by atoms with Crippen molar-refractivity contribution in [3.63, 3.8) is 0 Å². The molecule has 1 unspecified atom stereocenters. The lowest BCUT2D eigenvalue weighted by atomic mass is 9.87. The maximum absolute atomic E-state index is 12.1. The zero-order valence-corrected chi connectivity index (χ0v) is 11.7. The maximum atomic E-state index is 12.1. The van der Waals surface area contributed by atoms with Gasteiger partial charge in [-0.1, -0.05) is 13.8 Å². The van der Waals surface area contributed by atoms with Gasteiger partial charge in [0.15, 0.2) is 5.78 Å². The predicted molar refractivity (Wildman–Crippen MR) is 72.9 cm³/mol. The van der Waals surface area contributed by atoms with Crippen LogP contribution in [0.3, 0.4) is 0 Å². The van der Waals surface area contributed by atoms with Crippen LogP contribution in [0.25, 0.3) is 0 Å². The highest BCUT2D eigenvalue weighted by Gasteiger charge is 2.27. The minimum absolute atomic E-state index is 0.00310. The molecule has 18 heavy (non-hydrogen) atoms. The van der Waals surface area contributed by atoms with E-state index >= 15 is 0 Å². The summed E-state index contributed by atoms with van der Waals surface area (Å²) in [6.07, 6.45) is 3.04. The number of rotatable bonds is 4. The molecule has 1 N–H and O–H groups in total. The third kappa shape index (κ3) is 2.80. The van der Waals surface area contributed by atoms with E-state index in [9.17, 15) is 9.59 Å². The highest BCUT2D eigenvalue weighted by Crippen LogP contribution is 2.34. The predicted octanol–water partition coefficient (Wildman–Crippen LogP) is 2.51. The highest BCUT2D eigenvalue weighted by atomic mass is 32.1. The molecular formula is C14H19NO2S. The fourth-order valence-corrected chi connectivity index (χ4v) is 3.25. The lowest BCUT2D eigenvalue weighted by Crippen LogP contribution is -2.35. The number of Topliss-reactive ketones (excluding diaryl/α,β-unsaturated/α-hetero) is 1. The summed E-state index contributed by atoms with van der Waals surface area (Å²) in [4.78, 5) is 25.0. The van der Waals surface area contributed by atoms with E-state index in [4.69, 9.17) is 0 Å². The summed E-state index contributed by atoms with van der Waals surface area (Å²) in [6, 6.07) is 2.05. The number of thiophene rings is 1. The van der Waals surface area contributed by atoms with Crippen LogP contribution in [0.2, 0.25) is 0 Å². The first-order valence-corrected chi connectivity index (χ1v) is 7.34. The zero-order chi connectivity index (χ0) is 13.1. The van der Waals surface area contributed by atoms with Gasteiger partial charge in [-0.3, -0.25) is 9.59 Å². The zero-order valence-electron chi connectivity index (χ0n) is 10.9. The van der Waals surface area contributed by atoms with E-state index in [1.807, 2.05) is 19.9 Å². The first-order chi connectivity index (χ1) is 8.59. The van der Waals surface area contributed by atoms with Gasteiger partial charge in [0.05, 0.1) is 12.5 Å². The summed E-state index contributed by atoms with van der Waals surface area (Å²) in [6.45, 7) is 3.87. The highest BCUT2D eigenvalue weighted by molar-refractivity contribution is 7.10. The van der Waals surface area contributed by atoms with Gasteiger partial charge in [0.2, 0.25) is 5.91 Å². The smallest absolute Gasteiger partial charge is 0.227 e. The average Bonchev–Trinajstić information content (AvgIpc) is 2.83. The molecular weight excluding hydrogens is 246 g/mol. The molecule has 4 heteroatoms. The van der Waals surface area contributed by atoms with Crippen molar-refractivity contribution >= 4 is 23.0 Å². The van der Waals surface area contributed by atoms with Crippen LogP contribution in [0, 0.1) is 5.92 Å². The van der Waals surface area contributed by atoms with Crippen molar-refractivity contribution in [1.82, 2.24) is 5.32 Å². The Kier molecular flexibility index (Phi) is 4.17. The number of amides is 1. The van der Waals surface area contributed by atoms with E-state index in [1.54, 1.807) is 11.3 Å². The Bertz CT molecular complexity index is 450. The van der Waals surface area contributed by atoms with Crippen LogP contribution < -0.4 is 5.32 Å². The fraction of sp³-hybridized carbons (Fsp3) is 0.571. The first-order valence-electron chi connectivity index (χ1n) is 6.46. The summed E-state index contributed by atoms with van der Waals surface area (Å²) >= 11 is 1.73. The van der Waals surface area contributed by atoms with Crippen molar-refractivity contribution in [3.05, 3.63) is 21.9 Å². The van der Waals surface area contributed by atoms with Crippen molar-refractivity contribution in [2.24, 2.45) is 5.92 Å². The SMILES string of the molecule is CC(C)C(=O)CNC(=O)C1CCCc2sccc21. The van der Waals surface area contributed by atoms with Gasteiger partial charge in [0, 0.05) is 10.8 Å². The largest absolute Gasteiger partial charge is 0.348 e. The molecule has 2 rings (SSSR count). The van der Waals surface area contributed by atoms with Crippen LogP contribution in [0.4, 0.5) is 0 Å². The van der Waals surface area contributed by atoms with Crippen LogP contribution in [-0.2, 0) is 16.0 Å². The number of carbonyl (C=O) groups excluding carboxylic acids is 2. The second-order valence-corrected chi connectivity index (χ2v) is 6.08. The number of nitrogens with one attached hydrogen (secondary N) is 1. The monoisotopic (exact) mass is 265 g/mol. The third-order valence-electron chi connectivity index (χ3n) is 3.45. The van der Waals surface area contributed by atoms with Crippen molar-refractivity contribution < 1.29 is 9.59 Å². The summed E-state index contributed by atoms with van der Waals surface area (Å²) in [7, 11) is 0. The number of aryl methyl sites for hydroxylation is 1. The van der Waals surface area contributed by atoms with E-state index < -0.39 is 0 Å². The van der Waals surface area contributed by atoms with Gasteiger partial charge in [-0.25, -0.2) is 0 Å².